The van der Waals surface area contributed by atoms with Gasteiger partial charge in [0.2, 0.25) is 0 Å². The van der Waals surface area contributed by atoms with Crippen LogP contribution >= 0.6 is 11.6 Å². The third kappa shape index (κ3) is 3.09. The van der Waals surface area contributed by atoms with E-state index in [-0.39, 0.29) is 22.0 Å². The van der Waals surface area contributed by atoms with Gasteiger partial charge in [-0.1, -0.05) is 17.7 Å². The molecule has 0 bridgehead atoms. The molecule has 1 heterocycles. The number of nitro groups is 1. The van der Waals surface area contributed by atoms with Crippen molar-refractivity contribution in [1.82, 2.24) is 4.98 Å². The third-order valence-electron chi connectivity index (χ3n) is 2.81. The van der Waals surface area contributed by atoms with E-state index in [2.05, 4.69) is 10.3 Å². The average molecular weight is 307 g/mol. The van der Waals surface area contributed by atoms with E-state index in [0.717, 1.165) is 17.7 Å². The summed E-state index contributed by atoms with van der Waals surface area (Å²) in [7, 11) is 0. The first-order valence-electron chi connectivity index (χ1n) is 5.86. The number of carbonyl (C=O) groups is 1. The number of aromatic nitrogens is 1. The topological polar surface area (TPSA) is 111 Å². The second-order valence-electron chi connectivity index (χ2n) is 4.27. The van der Waals surface area contributed by atoms with E-state index in [4.69, 9.17) is 17.3 Å². The molecule has 0 aliphatic heterocycles. The predicted molar refractivity (Wildman–Crippen MR) is 79.4 cm³/mol. The van der Waals surface area contributed by atoms with Crippen LogP contribution in [0.25, 0.3) is 0 Å². The number of nitrogens with one attached hydrogen (secondary N) is 1. The molecule has 0 saturated heterocycles. The fraction of sp³-hybridized carbons (Fsp3) is 0.0769. The lowest BCUT2D eigenvalue weighted by Gasteiger charge is -2.09. The molecule has 108 valence electrons. The second-order valence-corrected chi connectivity index (χ2v) is 4.68. The Morgan fingerprint density at radius 2 is 2.19 bits per heavy atom. The van der Waals surface area contributed by atoms with Crippen LogP contribution in [-0.2, 0) is 0 Å². The number of nitro benzene ring substituents is 1. The van der Waals surface area contributed by atoms with Crippen molar-refractivity contribution in [1.29, 1.82) is 0 Å². The normalized spacial score (nSPS) is 10.2. The SMILES string of the molecule is Cc1cccnc1NC(=O)c1cc([N+](=O)[O-])cc(Cl)c1N. The molecule has 8 heteroatoms. The zero-order valence-corrected chi connectivity index (χ0v) is 11.7. The molecule has 0 spiro atoms. The Labute approximate surface area is 124 Å². The number of halogens is 1. The van der Waals surface area contributed by atoms with Crippen molar-refractivity contribution in [3.05, 3.63) is 56.7 Å². The number of hydrogen-bond donors (Lipinski definition) is 2. The number of carbonyl (C=O) groups excluding carboxylic acids is 1. The van der Waals surface area contributed by atoms with Crippen LogP contribution in [0.3, 0.4) is 0 Å². The Hall–Kier alpha value is -2.67. The lowest BCUT2D eigenvalue weighted by atomic mass is 10.1. The molecule has 0 radical (unpaired) electrons. The summed E-state index contributed by atoms with van der Waals surface area (Å²) in [4.78, 5) is 26.4. The molecule has 7 nitrogen and oxygen atoms in total. The summed E-state index contributed by atoms with van der Waals surface area (Å²) in [5, 5.41) is 13.3. The van der Waals surface area contributed by atoms with Gasteiger partial charge in [-0.15, -0.1) is 0 Å². The summed E-state index contributed by atoms with van der Waals surface area (Å²) >= 11 is 5.82. The van der Waals surface area contributed by atoms with Crippen molar-refractivity contribution in [3.63, 3.8) is 0 Å². The highest BCUT2D eigenvalue weighted by atomic mass is 35.5. The molecular formula is C13H11ClN4O3. The smallest absolute Gasteiger partial charge is 0.271 e. The number of pyridine rings is 1. The number of nitrogens with two attached hydrogens (primary N) is 1. The zero-order chi connectivity index (χ0) is 15.6. The van der Waals surface area contributed by atoms with Gasteiger partial charge in [-0.3, -0.25) is 14.9 Å². The van der Waals surface area contributed by atoms with E-state index in [1.54, 1.807) is 19.1 Å². The summed E-state index contributed by atoms with van der Waals surface area (Å²) in [5.74, 6) is -0.260. The molecule has 21 heavy (non-hydrogen) atoms. The number of benzene rings is 1. The molecule has 3 N–H and O–H groups in total. The van der Waals surface area contributed by atoms with Crippen LogP contribution in [0.15, 0.2) is 30.5 Å². The monoisotopic (exact) mass is 306 g/mol. The zero-order valence-electron chi connectivity index (χ0n) is 11.0. The van der Waals surface area contributed by atoms with Gasteiger partial charge >= 0.3 is 0 Å². The van der Waals surface area contributed by atoms with Gasteiger partial charge in [0, 0.05) is 18.3 Å². The second kappa shape index (κ2) is 5.76. The molecule has 0 aliphatic carbocycles. The number of hydrogen-bond acceptors (Lipinski definition) is 5. The van der Waals surface area contributed by atoms with Gasteiger partial charge in [0.25, 0.3) is 11.6 Å². The van der Waals surface area contributed by atoms with E-state index in [0.29, 0.717) is 5.82 Å². The van der Waals surface area contributed by atoms with Crippen molar-refractivity contribution >= 4 is 34.7 Å². The molecule has 1 aromatic carbocycles. The number of anilines is 2. The van der Waals surface area contributed by atoms with Crippen LogP contribution in [0.2, 0.25) is 5.02 Å². The number of nitrogens with zero attached hydrogens (tertiary/aromatic N) is 2. The van der Waals surface area contributed by atoms with E-state index >= 15 is 0 Å². The minimum Gasteiger partial charge on any atom is -0.397 e. The van der Waals surface area contributed by atoms with Crippen molar-refractivity contribution in [2.24, 2.45) is 0 Å². The van der Waals surface area contributed by atoms with Crippen molar-refractivity contribution in [2.45, 2.75) is 6.92 Å². The van der Waals surface area contributed by atoms with Gasteiger partial charge in [-0.25, -0.2) is 4.98 Å². The molecule has 0 saturated carbocycles. The fourth-order valence-electron chi connectivity index (χ4n) is 1.69. The van der Waals surface area contributed by atoms with Gasteiger partial charge in [0.15, 0.2) is 0 Å². The number of aryl methyl sites for hydroxylation is 1. The lowest BCUT2D eigenvalue weighted by molar-refractivity contribution is -0.384. The average Bonchev–Trinajstić information content (AvgIpc) is 2.43. The van der Waals surface area contributed by atoms with Gasteiger partial charge in [-0.05, 0) is 18.6 Å². The van der Waals surface area contributed by atoms with Gasteiger partial charge in [0.1, 0.15) is 5.82 Å². The van der Waals surface area contributed by atoms with Crippen LogP contribution in [0.1, 0.15) is 15.9 Å². The fourth-order valence-corrected chi connectivity index (χ4v) is 1.90. The van der Waals surface area contributed by atoms with Crippen molar-refractivity contribution in [3.8, 4) is 0 Å². The minimum absolute atomic E-state index is 0.0200. The summed E-state index contributed by atoms with van der Waals surface area (Å²) in [5.41, 5.74) is 6.06. The molecular weight excluding hydrogens is 296 g/mol. The first kappa shape index (κ1) is 14.7. The molecule has 2 rings (SSSR count). The van der Waals surface area contributed by atoms with Crippen LogP contribution in [0.5, 0.6) is 0 Å². The van der Waals surface area contributed by atoms with Gasteiger partial charge in [0.05, 0.1) is 21.2 Å². The molecule has 0 unspecified atom stereocenters. The summed E-state index contributed by atoms with van der Waals surface area (Å²) in [6, 6.07) is 5.67. The van der Waals surface area contributed by atoms with Crippen LogP contribution in [0, 0.1) is 17.0 Å². The Kier molecular flexibility index (Phi) is 4.04. The maximum Gasteiger partial charge on any atom is 0.271 e. The quantitative estimate of drug-likeness (QED) is 0.514. The highest BCUT2D eigenvalue weighted by Crippen LogP contribution is 2.29. The maximum absolute atomic E-state index is 12.2. The largest absolute Gasteiger partial charge is 0.397 e. The maximum atomic E-state index is 12.2. The summed E-state index contributed by atoms with van der Waals surface area (Å²) < 4.78 is 0. The molecule has 2 aromatic rings. The van der Waals surface area contributed by atoms with Gasteiger partial charge in [-0.2, -0.15) is 0 Å². The first-order chi connectivity index (χ1) is 9.90. The Balaban J connectivity index is 2.39. The highest BCUT2D eigenvalue weighted by molar-refractivity contribution is 6.34. The molecule has 0 aliphatic rings. The van der Waals surface area contributed by atoms with Gasteiger partial charge < -0.3 is 11.1 Å². The van der Waals surface area contributed by atoms with E-state index in [1.807, 2.05) is 0 Å². The van der Waals surface area contributed by atoms with Crippen molar-refractivity contribution in [2.75, 3.05) is 11.1 Å². The number of nitrogen functional groups attached to an aromatic ring is 1. The predicted octanol–water partition coefficient (Wildman–Crippen LogP) is 2.79. The summed E-state index contributed by atoms with van der Waals surface area (Å²) in [6.07, 6.45) is 1.52. The number of non-ortho nitro benzene ring substituents is 1. The van der Waals surface area contributed by atoms with E-state index in [1.165, 1.54) is 6.20 Å². The van der Waals surface area contributed by atoms with Crippen LogP contribution in [0.4, 0.5) is 17.2 Å². The standard InChI is InChI=1S/C13H11ClN4O3/c1-7-3-2-4-16-12(7)17-13(19)9-5-8(18(20)21)6-10(14)11(9)15/h2-6H,15H2,1H3,(H,16,17,19). The number of amides is 1. The molecule has 1 amide bonds. The van der Waals surface area contributed by atoms with Crippen LogP contribution < -0.4 is 11.1 Å². The Morgan fingerprint density at radius 3 is 2.81 bits per heavy atom. The molecule has 0 atom stereocenters. The molecule has 0 fully saturated rings. The number of rotatable bonds is 3. The molecule has 1 aromatic heterocycles. The van der Waals surface area contributed by atoms with E-state index < -0.39 is 10.8 Å². The van der Waals surface area contributed by atoms with E-state index in [9.17, 15) is 14.9 Å². The van der Waals surface area contributed by atoms with Crippen LogP contribution in [-0.4, -0.2) is 15.8 Å². The minimum atomic E-state index is -0.645. The highest BCUT2D eigenvalue weighted by Gasteiger charge is 2.19. The third-order valence-corrected chi connectivity index (χ3v) is 3.12. The first-order valence-corrected chi connectivity index (χ1v) is 6.24. The summed E-state index contributed by atoms with van der Waals surface area (Å²) in [6.45, 7) is 1.77. The van der Waals surface area contributed by atoms with Crippen molar-refractivity contribution < 1.29 is 9.72 Å². The Morgan fingerprint density at radius 1 is 1.48 bits per heavy atom. The Bertz CT molecular complexity index is 733. The lowest BCUT2D eigenvalue weighted by Crippen LogP contribution is -2.16.